The average molecular weight is 523 g/mol. The van der Waals surface area contributed by atoms with Crippen LogP contribution in [0.25, 0.3) is 0 Å². The second-order valence-electron chi connectivity index (χ2n) is 8.53. The summed E-state index contributed by atoms with van der Waals surface area (Å²) in [7, 11) is -2.23. The van der Waals surface area contributed by atoms with Crippen LogP contribution in [0.3, 0.4) is 0 Å². The van der Waals surface area contributed by atoms with Crippen LogP contribution in [0.5, 0.6) is 5.75 Å². The van der Waals surface area contributed by atoms with Crippen LogP contribution < -0.4 is 10.1 Å². The van der Waals surface area contributed by atoms with Crippen molar-refractivity contribution in [3.63, 3.8) is 0 Å². The van der Waals surface area contributed by atoms with Gasteiger partial charge in [0.2, 0.25) is 15.9 Å². The van der Waals surface area contributed by atoms with Gasteiger partial charge in [0.1, 0.15) is 10.6 Å². The molecule has 2 aromatic carbocycles. The Hall–Kier alpha value is -1.90. The molecule has 1 aliphatic heterocycles. The number of hydrogen-bond acceptors (Lipinski definition) is 4. The predicted octanol–water partition coefficient (Wildman–Crippen LogP) is 4.86. The lowest BCUT2D eigenvalue weighted by Gasteiger charge is -2.31. The number of ether oxygens (including phenoxy) is 1. The summed E-state index contributed by atoms with van der Waals surface area (Å²) in [4.78, 5) is 13.0. The Labute approximate surface area is 199 Å². The number of rotatable bonds is 7. The zero-order chi connectivity index (χ0) is 23.5. The van der Waals surface area contributed by atoms with Crippen LogP contribution >= 0.6 is 15.9 Å². The van der Waals surface area contributed by atoms with Gasteiger partial charge in [-0.25, -0.2) is 8.42 Å². The fourth-order valence-electron chi connectivity index (χ4n) is 3.94. The van der Waals surface area contributed by atoms with E-state index in [1.165, 1.54) is 11.4 Å². The maximum absolute atomic E-state index is 13.4. The minimum absolute atomic E-state index is 0.0334. The van der Waals surface area contributed by atoms with E-state index in [1.54, 1.807) is 12.1 Å². The molecule has 0 saturated carbocycles. The van der Waals surface area contributed by atoms with Crippen molar-refractivity contribution in [3.8, 4) is 5.75 Å². The lowest BCUT2D eigenvalue weighted by Crippen LogP contribution is -2.43. The van der Waals surface area contributed by atoms with Crippen molar-refractivity contribution in [1.29, 1.82) is 0 Å². The maximum atomic E-state index is 13.4. The van der Waals surface area contributed by atoms with E-state index in [0.717, 1.165) is 15.6 Å². The molecule has 174 valence electrons. The number of hydrogen-bond donors (Lipinski definition) is 1. The molecule has 6 nitrogen and oxygen atoms in total. The zero-order valence-electron chi connectivity index (χ0n) is 19.0. The number of piperidine rings is 1. The molecule has 2 aromatic rings. The smallest absolute Gasteiger partial charge is 0.246 e. The number of carbonyl (C=O) groups excluding carboxylic acids is 1. The van der Waals surface area contributed by atoms with Crippen molar-refractivity contribution < 1.29 is 17.9 Å². The molecule has 1 N–H and O–H groups in total. The molecule has 1 amide bonds. The van der Waals surface area contributed by atoms with Gasteiger partial charge in [0.15, 0.2) is 0 Å². The normalized spacial score (nSPS) is 16.7. The fourth-order valence-corrected chi connectivity index (χ4v) is 6.02. The first-order chi connectivity index (χ1) is 15.1. The third-order valence-electron chi connectivity index (χ3n) is 6.00. The Balaban J connectivity index is 1.67. The van der Waals surface area contributed by atoms with Gasteiger partial charge in [-0.1, -0.05) is 48.0 Å². The number of nitrogens with zero attached hydrogens (tertiary/aromatic N) is 1. The van der Waals surface area contributed by atoms with Crippen molar-refractivity contribution in [2.75, 3.05) is 20.2 Å². The molecule has 1 saturated heterocycles. The van der Waals surface area contributed by atoms with Gasteiger partial charge in [-0.05, 0) is 61.1 Å². The molecule has 1 atom stereocenters. The SMILES string of the molecule is COc1ccc(C(C)C)cc1S(=O)(=O)N1CCC(C(=O)N[C@@H](C)c2cccc(Br)c2)CC1. The molecule has 8 heteroatoms. The number of carbonyl (C=O) groups is 1. The highest BCUT2D eigenvalue weighted by molar-refractivity contribution is 9.10. The van der Waals surface area contributed by atoms with Gasteiger partial charge in [-0.15, -0.1) is 0 Å². The largest absolute Gasteiger partial charge is 0.495 e. The molecular formula is C24H31BrN2O4S. The molecular weight excluding hydrogens is 492 g/mol. The van der Waals surface area contributed by atoms with E-state index < -0.39 is 10.0 Å². The molecule has 0 aromatic heterocycles. The van der Waals surface area contributed by atoms with Crippen LogP contribution in [-0.4, -0.2) is 38.8 Å². The van der Waals surface area contributed by atoms with E-state index in [4.69, 9.17) is 4.74 Å². The van der Waals surface area contributed by atoms with Crippen LogP contribution in [0.1, 0.15) is 56.7 Å². The van der Waals surface area contributed by atoms with Crippen molar-refractivity contribution >= 4 is 31.9 Å². The first kappa shape index (κ1) is 24.7. The summed E-state index contributed by atoms with van der Waals surface area (Å²) in [6.45, 7) is 6.61. The summed E-state index contributed by atoms with van der Waals surface area (Å²) in [5, 5.41) is 3.07. The fraction of sp³-hybridized carbons (Fsp3) is 0.458. The summed E-state index contributed by atoms with van der Waals surface area (Å²) in [5.41, 5.74) is 1.96. The van der Waals surface area contributed by atoms with Gasteiger partial charge in [-0.3, -0.25) is 4.79 Å². The zero-order valence-corrected chi connectivity index (χ0v) is 21.4. The van der Waals surface area contributed by atoms with Crippen LogP contribution in [-0.2, 0) is 14.8 Å². The summed E-state index contributed by atoms with van der Waals surface area (Å²) in [6.07, 6.45) is 0.977. The highest BCUT2D eigenvalue weighted by Gasteiger charge is 2.34. The van der Waals surface area contributed by atoms with Gasteiger partial charge in [0, 0.05) is 23.5 Å². The summed E-state index contributed by atoms with van der Waals surface area (Å²) in [5.74, 6) is 0.308. The molecule has 1 fully saturated rings. The minimum atomic E-state index is -3.71. The van der Waals surface area contributed by atoms with Crippen molar-refractivity contribution in [2.24, 2.45) is 5.92 Å². The van der Waals surface area contributed by atoms with Crippen LogP contribution in [0, 0.1) is 5.92 Å². The van der Waals surface area contributed by atoms with E-state index in [2.05, 4.69) is 21.2 Å². The minimum Gasteiger partial charge on any atom is -0.495 e. The Morgan fingerprint density at radius 1 is 1.09 bits per heavy atom. The van der Waals surface area contributed by atoms with Crippen LogP contribution in [0.15, 0.2) is 51.8 Å². The first-order valence-corrected chi connectivity index (χ1v) is 13.1. The average Bonchev–Trinajstić information content (AvgIpc) is 2.78. The Morgan fingerprint density at radius 2 is 1.78 bits per heavy atom. The maximum Gasteiger partial charge on any atom is 0.246 e. The molecule has 3 rings (SSSR count). The molecule has 0 aliphatic carbocycles. The third-order valence-corrected chi connectivity index (χ3v) is 8.42. The lowest BCUT2D eigenvalue weighted by atomic mass is 9.96. The van der Waals surface area contributed by atoms with Crippen LogP contribution in [0.2, 0.25) is 0 Å². The summed E-state index contributed by atoms with van der Waals surface area (Å²) >= 11 is 3.46. The number of methoxy groups -OCH3 is 1. The van der Waals surface area contributed by atoms with Crippen LogP contribution in [0.4, 0.5) is 0 Å². The van der Waals surface area contributed by atoms with Gasteiger partial charge >= 0.3 is 0 Å². The van der Waals surface area contributed by atoms with Crippen molar-refractivity contribution in [3.05, 3.63) is 58.1 Å². The Kier molecular flexibility index (Phi) is 8.01. The van der Waals surface area contributed by atoms with E-state index in [9.17, 15) is 13.2 Å². The highest BCUT2D eigenvalue weighted by Crippen LogP contribution is 2.32. The molecule has 1 heterocycles. The van der Waals surface area contributed by atoms with E-state index >= 15 is 0 Å². The van der Waals surface area contributed by atoms with Gasteiger partial charge in [0.05, 0.1) is 13.2 Å². The van der Waals surface area contributed by atoms with E-state index in [-0.39, 0.29) is 28.7 Å². The molecule has 0 unspecified atom stereocenters. The molecule has 0 spiro atoms. The number of benzene rings is 2. The third kappa shape index (κ3) is 5.53. The molecule has 1 aliphatic rings. The Morgan fingerprint density at radius 3 is 2.38 bits per heavy atom. The monoisotopic (exact) mass is 522 g/mol. The molecule has 0 radical (unpaired) electrons. The van der Waals surface area contributed by atoms with Gasteiger partial charge < -0.3 is 10.1 Å². The summed E-state index contributed by atoms with van der Waals surface area (Å²) < 4.78 is 34.5. The lowest BCUT2D eigenvalue weighted by molar-refractivity contribution is -0.126. The van der Waals surface area contributed by atoms with Crippen molar-refractivity contribution in [1.82, 2.24) is 9.62 Å². The quantitative estimate of drug-likeness (QED) is 0.563. The molecule has 0 bridgehead atoms. The number of amides is 1. The van der Waals surface area contributed by atoms with E-state index in [0.29, 0.717) is 31.7 Å². The number of halogens is 1. The van der Waals surface area contributed by atoms with Gasteiger partial charge in [-0.2, -0.15) is 4.31 Å². The topological polar surface area (TPSA) is 75.7 Å². The standard InChI is InChI=1S/C24H31BrN2O4S/c1-16(2)19-8-9-22(31-4)23(15-19)32(29,30)27-12-10-18(11-13-27)24(28)26-17(3)20-6-5-7-21(25)14-20/h5-9,14-18H,10-13H2,1-4H3,(H,26,28)/t17-/m0/s1. The van der Waals surface area contributed by atoms with E-state index in [1.807, 2.05) is 51.1 Å². The second kappa shape index (κ2) is 10.4. The highest BCUT2D eigenvalue weighted by atomic mass is 79.9. The number of sulfonamides is 1. The predicted molar refractivity (Wildman–Crippen MR) is 129 cm³/mol. The molecule has 32 heavy (non-hydrogen) atoms. The summed E-state index contributed by atoms with van der Waals surface area (Å²) in [6, 6.07) is 13.0. The van der Waals surface area contributed by atoms with Crippen molar-refractivity contribution in [2.45, 2.75) is 50.5 Å². The second-order valence-corrected chi connectivity index (χ2v) is 11.4. The number of nitrogens with one attached hydrogen (secondary N) is 1. The first-order valence-electron chi connectivity index (χ1n) is 10.9. The Bertz CT molecular complexity index is 1060. The van der Waals surface area contributed by atoms with Gasteiger partial charge in [0.25, 0.3) is 0 Å².